The number of benzene rings is 2. The minimum Gasteiger partial charge on any atom is -0.497 e. The van der Waals surface area contributed by atoms with Gasteiger partial charge in [0.1, 0.15) is 24.0 Å². The second-order valence-electron chi connectivity index (χ2n) is 13.5. The molecule has 1 unspecified atom stereocenters. The van der Waals surface area contributed by atoms with Crippen molar-refractivity contribution in [3.8, 4) is 5.75 Å². The maximum Gasteiger partial charge on any atom is 0.306 e. The van der Waals surface area contributed by atoms with Gasteiger partial charge < -0.3 is 34.4 Å². The highest BCUT2D eigenvalue weighted by atomic mass is 79.9. The average Bonchev–Trinajstić information content (AvgIpc) is 3.74. The first kappa shape index (κ1) is 38.2. The average molecular weight is 767 g/mol. The summed E-state index contributed by atoms with van der Waals surface area (Å²) >= 11 is 3.75. The van der Waals surface area contributed by atoms with Gasteiger partial charge >= 0.3 is 5.97 Å². The van der Waals surface area contributed by atoms with Crippen LogP contribution in [0.25, 0.3) is 0 Å². The van der Waals surface area contributed by atoms with E-state index in [1.807, 2.05) is 44.2 Å². The fourth-order valence-electron chi connectivity index (χ4n) is 7.82. The van der Waals surface area contributed by atoms with Crippen LogP contribution in [-0.4, -0.2) is 89.2 Å². The summed E-state index contributed by atoms with van der Waals surface area (Å²) in [6.45, 7) is 11.1. The quantitative estimate of drug-likeness (QED) is 0.134. The summed E-state index contributed by atoms with van der Waals surface area (Å²) < 4.78 is 17.7. The molecule has 12 heteroatoms. The van der Waals surface area contributed by atoms with Crippen LogP contribution in [0.3, 0.4) is 0 Å². The van der Waals surface area contributed by atoms with Crippen LogP contribution in [0.1, 0.15) is 51.1 Å². The van der Waals surface area contributed by atoms with E-state index in [9.17, 15) is 24.3 Å². The topological polar surface area (TPSA) is 135 Å². The molecule has 11 nitrogen and oxygen atoms in total. The van der Waals surface area contributed by atoms with Crippen molar-refractivity contribution < 1.29 is 38.5 Å². The molecule has 9 atom stereocenters. The number of aliphatic hydroxyl groups is 1. The van der Waals surface area contributed by atoms with Gasteiger partial charge in [-0.25, -0.2) is 0 Å². The van der Waals surface area contributed by atoms with Crippen molar-refractivity contribution >= 4 is 45.3 Å². The standard InChI is InChI=1S/C39H48BrN3O8/c1-6-9-15-31(45)50-23-29(25-13-11-10-12-14-25)41-36(46)32-33-37(47)43(30(22-44)24(4)8-3)35(39(33)21-28(40)34(32)51-39)38(48)42(20-7-2)26-16-18-27(49-5)19-17-26/h6-7,10-14,16-19,24,28-30,32-35,44H,1-2,8-9,15,20-23H2,3-5H3,(H,41,46)/t24-,28?,29-,30-,32+,33-,34+,35+,39-/m0/s1. The Bertz CT molecular complexity index is 1590. The van der Waals surface area contributed by atoms with Crippen molar-refractivity contribution in [2.45, 2.75) is 74.2 Å². The second-order valence-corrected chi connectivity index (χ2v) is 14.6. The van der Waals surface area contributed by atoms with E-state index in [-0.39, 0.29) is 36.9 Å². The van der Waals surface area contributed by atoms with Gasteiger partial charge in [0.05, 0.1) is 43.7 Å². The van der Waals surface area contributed by atoms with E-state index in [4.69, 9.17) is 14.2 Å². The van der Waals surface area contributed by atoms with Crippen LogP contribution in [-0.2, 0) is 28.7 Å². The maximum atomic E-state index is 15.0. The Morgan fingerprint density at radius 2 is 1.86 bits per heavy atom. The molecule has 3 fully saturated rings. The number of alkyl halides is 1. The molecule has 0 saturated carbocycles. The molecule has 3 saturated heterocycles. The molecule has 274 valence electrons. The number of ether oxygens (including phenoxy) is 3. The molecule has 3 aliphatic rings. The van der Waals surface area contributed by atoms with Crippen LogP contribution in [0.15, 0.2) is 79.9 Å². The minimum absolute atomic E-state index is 0.113. The number of nitrogens with one attached hydrogen (secondary N) is 1. The Balaban J connectivity index is 1.53. The lowest BCUT2D eigenvalue weighted by molar-refractivity contribution is -0.147. The number of nitrogens with zero attached hydrogens (tertiary/aromatic N) is 2. The van der Waals surface area contributed by atoms with Crippen molar-refractivity contribution in [3.63, 3.8) is 0 Å². The normalized spacial score (nSPS) is 26.5. The van der Waals surface area contributed by atoms with Crippen LogP contribution >= 0.6 is 15.9 Å². The second kappa shape index (κ2) is 16.6. The number of likely N-dealkylation sites (tertiary alicyclic amines) is 1. The zero-order valence-corrected chi connectivity index (χ0v) is 31.0. The molecule has 3 heterocycles. The highest BCUT2D eigenvalue weighted by Gasteiger charge is 2.77. The van der Waals surface area contributed by atoms with Crippen LogP contribution in [0, 0.1) is 17.8 Å². The number of esters is 1. The summed E-state index contributed by atoms with van der Waals surface area (Å²) in [5.74, 6) is -3.19. The van der Waals surface area contributed by atoms with E-state index in [0.29, 0.717) is 30.7 Å². The van der Waals surface area contributed by atoms with Crippen molar-refractivity contribution in [2.24, 2.45) is 17.8 Å². The molecule has 3 aliphatic heterocycles. The van der Waals surface area contributed by atoms with E-state index < -0.39 is 65.4 Å². The van der Waals surface area contributed by atoms with Crippen molar-refractivity contribution in [1.29, 1.82) is 0 Å². The molecule has 5 rings (SSSR count). The van der Waals surface area contributed by atoms with Crippen molar-refractivity contribution in [2.75, 3.05) is 31.8 Å². The van der Waals surface area contributed by atoms with E-state index in [0.717, 1.165) is 5.56 Å². The fourth-order valence-corrected chi connectivity index (χ4v) is 8.77. The Morgan fingerprint density at radius 1 is 1.16 bits per heavy atom. The van der Waals surface area contributed by atoms with Gasteiger partial charge in [-0.2, -0.15) is 0 Å². The Morgan fingerprint density at radius 3 is 2.47 bits per heavy atom. The number of amides is 3. The van der Waals surface area contributed by atoms with E-state index in [1.165, 1.54) is 4.90 Å². The number of methoxy groups -OCH3 is 1. The van der Waals surface area contributed by atoms with Crippen LogP contribution in [0.2, 0.25) is 0 Å². The number of fused-ring (bicyclic) bond motifs is 1. The Kier molecular flexibility index (Phi) is 12.4. The monoisotopic (exact) mass is 765 g/mol. The van der Waals surface area contributed by atoms with Gasteiger partial charge in [-0.15, -0.1) is 13.2 Å². The fraction of sp³-hybridized carbons (Fsp3) is 0.487. The van der Waals surface area contributed by atoms with Gasteiger partial charge in [-0.05, 0) is 48.6 Å². The third-order valence-electron chi connectivity index (χ3n) is 10.6. The number of carbonyl (C=O) groups excluding carboxylic acids is 4. The van der Waals surface area contributed by atoms with Crippen molar-refractivity contribution in [1.82, 2.24) is 10.2 Å². The molecular formula is C39H48BrN3O8. The number of anilines is 1. The highest BCUT2D eigenvalue weighted by Crippen LogP contribution is 2.61. The zero-order valence-electron chi connectivity index (χ0n) is 29.4. The molecule has 0 aromatic heterocycles. The Labute approximate surface area is 308 Å². The molecule has 2 aromatic rings. The molecule has 0 radical (unpaired) electrons. The molecule has 2 aromatic carbocycles. The maximum absolute atomic E-state index is 15.0. The predicted molar refractivity (Wildman–Crippen MR) is 196 cm³/mol. The summed E-state index contributed by atoms with van der Waals surface area (Å²) in [6.07, 6.45) is 4.10. The summed E-state index contributed by atoms with van der Waals surface area (Å²) in [5, 5.41) is 13.8. The number of allylic oxidation sites excluding steroid dienone is 1. The van der Waals surface area contributed by atoms with Gasteiger partial charge in [0.25, 0.3) is 5.91 Å². The molecule has 1 spiro atoms. The SMILES string of the molecule is C=CCCC(=O)OC[C@H](NC(=O)[C@H]1[C@@H]2O[C@@]3(CC2Br)[C@@H]1C(=O)N([C@@H](CO)[C@@H](C)CC)[C@@H]3C(=O)N(CC=C)c1ccc(OC)cc1)c1ccccc1. The minimum atomic E-state index is -1.36. The van der Waals surface area contributed by atoms with Gasteiger partial charge in [-0.1, -0.05) is 78.7 Å². The first-order valence-electron chi connectivity index (χ1n) is 17.5. The van der Waals surface area contributed by atoms with E-state index >= 15 is 0 Å². The molecule has 2 bridgehead atoms. The molecule has 0 aliphatic carbocycles. The van der Waals surface area contributed by atoms with E-state index in [2.05, 4.69) is 34.4 Å². The van der Waals surface area contributed by atoms with Gasteiger partial charge in [0.2, 0.25) is 11.8 Å². The lowest BCUT2D eigenvalue weighted by Crippen LogP contribution is -2.60. The number of aliphatic hydroxyl groups excluding tert-OH is 1. The lowest BCUT2D eigenvalue weighted by Gasteiger charge is -2.41. The van der Waals surface area contributed by atoms with Crippen LogP contribution in [0.4, 0.5) is 5.69 Å². The predicted octanol–water partition coefficient (Wildman–Crippen LogP) is 4.74. The van der Waals surface area contributed by atoms with Gasteiger partial charge in [0.15, 0.2) is 0 Å². The largest absolute Gasteiger partial charge is 0.497 e. The molecule has 3 amide bonds. The van der Waals surface area contributed by atoms with Crippen LogP contribution < -0.4 is 15.0 Å². The third kappa shape index (κ3) is 7.36. The third-order valence-corrected chi connectivity index (χ3v) is 11.4. The summed E-state index contributed by atoms with van der Waals surface area (Å²) in [5.41, 5.74) is -0.0653. The molecule has 51 heavy (non-hydrogen) atoms. The summed E-state index contributed by atoms with van der Waals surface area (Å²) in [6, 6.07) is 13.6. The van der Waals surface area contributed by atoms with Crippen molar-refractivity contribution in [3.05, 3.63) is 85.5 Å². The first-order valence-corrected chi connectivity index (χ1v) is 18.4. The van der Waals surface area contributed by atoms with E-state index in [1.54, 1.807) is 48.4 Å². The van der Waals surface area contributed by atoms with Gasteiger partial charge in [-0.3, -0.25) is 19.2 Å². The number of hydrogen-bond donors (Lipinski definition) is 2. The first-order chi connectivity index (χ1) is 24.6. The van der Waals surface area contributed by atoms with Crippen LogP contribution in [0.5, 0.6) is 5.75 Å². The smallest absolute Gasteiger partial charge is 0.306 e. The van der Waals surface area contributed by atoms with Gasteiger partial charge in [0, 0.05) is 23.5 Å². The Hall–Kier alpha value is -4.00. The molecular weight excluding hydrogens is 718 g/mol. The highest BCUT2D eigenvalue weighted by molar-refractivity contribution is 9.09. The molecule has 2 N–H and O–H groups in total. The number of hydrogen-bond acceptors (Lipinski definition) is 8. The lowest BCUT2D eigenvalue weighted by atomic mass is 9.70. The number of halogens is 1. The number of rotatable bonds is 17. The summed E-state index contributed by atoms with van der Waals surface area (Å²) in [4.78, 5) is 59.5. The summed E-state index contributed by atoms with van der Waals surface area (Å²) in [7, 11) is 1.56. The number of carbonyl (C=O) groups is 4. The zero-order chi connectivity index (χ0) is 36.9.